The van der Waals surface area contributed by atoms with Gasteiger partial charge in [0.1, 0.15) is 9.33 Å². The Morgan fingerprint density at radius 3 is 2.91 bits per heavy atom. The molecular weight excluding hydrogens is 468 g/mol. The highest BCUT2D eigenvalue weighted by atomic mass is 32.2. The molecule has 0 aliphatic carbocycles. The summed E-state index contributed by atoms with van der Waals surface area (Å²) in [6.07, 6.45) is 5.36. The summed E-state index contributed by atoms with van der Waals surface area (Å²) < 4.78 is 11.3. The summed E-state index contributed by atoms with van der Waals surface area (Å²) in [6, 6.07) is 5.57. The molecule has 1 fully saturated rings. The lowest BCUT2D eigenvalue weighted by atomic mass is 10.1. The number of aryl methyl sites for hydroxylation is 1. The van der Waals surface area contributed by atoms with E-state index >= 15 is 0 Å². The van der Waals surface area contributed by atoms with Crippen molar-refractivity contribution < 1.29 is 19.1 Å². The van der Waals surface area contributed by atoms with Gasteiger partial charge in [-0.3, -0.25) is 14.5 Å². The third kappa shape index (κ3) is 5.45. The number of aromatic nitrogens is 2. The molecule has 0 saturated carbocycles. The number of anilines is 1. The van der Waals surface area contributed by atoms with Crippen LogP contribution in [0.2, 0.25) is 0 Å². The Kier molecular flexibility index (Phi) is 7.38. The van der Waals surface area contributed by atoms with Gasteiger partial charge in [-0.25, -0.2) is 0 Å². The van der Waals surface area contributed by atoms with Gasteiger partial charge in [0, 0.05) is 13.0 Å². The lowest BCUT2D eigenvalue weighted by Gasteiger charge is -2.14. The van der Waals surface area contributed by atoms with Crippen molar-refractivity contribution in [2.45, 2.75) is 39.0 Å². The van der Waals surface area contributed by atoms with E-state index in [0.717, 1.165) is 36.3 Å². The molecule has 1 N–H and O–H groups in total. The smallest absolute Gasteiger partial charge is 0.266 e. The first-order valence-corrected chi connectivity index (χ1v) is 12.3. The summed E-state index contributed by atoms with van der Waals surface area (Å²) in [5.74, 6) is 1.23. The fourth-order valence-electron chi connectivity index (χ4n) is 3.21. The summed E-state index contributed by atoms with van der Waals surface area (Å²) in [4.78, 5) is 27.0. The van der Waals surface area contributed by atoms with E-state index in [1.54, 1.807) is 4.90 Å². The van der Waals surface area contributed by atoms with Crippen molar-refractivity contribution in [1.82, 2.24) is 15.1 Å². The van der Waals surface area contributed by atoms with Crippen LogP contribution in [0, 0.1) is 0 Å². The molecule has 168 valence electrons. The number of ether oxygens (including phenoxy) is 2. The fraction of sp³-hybridized carbons (Fsp3) is 0.381. The van der Waals surface area contributed by atoms with Gasteiger partial charge in [-0.2, -0.15) is 0 Å². The SMILES string of the molecule is CCc1nnc(NC(=O)CCCCCN2C(=O)C(=Cc3ccc4c(c3)OCO4)SC2=S)s1. The van der Waals surface area contributed by atoms with Gasteiger partial charge in [-0.1, -0.05) is 54.7 Å². The molecule has 0 unspecified atom stereocenters. The summed E-state index contributed by atoms with van der Waals surface area (Å²) in [6.45, 7) is 2.75. The first-order chi connectivity index (χ1) is 15.5. The van der Waals surface area contributed by atoms with Crippen LogP contribution in [0.4, 0.5) is 5.13 Å². The zero-order chi connectivity index (χ0) is 22.5. The van der Waals surface area contributed by atoms with Gasteiger partial charge in [0.15, 0.2) is 11.5 Å². The highest BCUT2D eigenvalue weighted by Gasteiger charge is 2.31. The van der Waals surface area contributed by atoms with Crippen molar-refractivity contribution in [3.05, 3.63) is 33.7 Å². The topological polar surface area (TPSA) is 93.7 Å². The average Bonchev–Trinajstić information content (AvgIpc) is 3.49. The molecule has 0 spiro atoms. The van der Waals surface area contributed by atoms with Gasteiger partial charge in [-0.05, 0) is 43.0 Å². The highest BCUT2D eigenvalue weighted by molar-refractivity contribution is 8.26. The Labute approximate surface area is 199 Å². The van der Waals surface area contributed by atoms with Crippen LogP contribution in [0.15, 0.2) is 23.1 Å². The molecule has 8 nitrogen and oxygen atoms in total. The number of hydrogen-bond acceptors (Lipinski definition) is 9. The van der Waals surface area contributed by atoms with Crippen LogP contribution in [0.25, 0.3) is 6.08 Å². The van der Waals surface area contributed by atoms with Crippen molar-refractivity contribution in [2.75, 3.05) is 18.7 Å². The molecule has 0 atom stereocenters. The number of carbonyl (C=O) groups excluding carboxylic acids is 2. The maximum atomic E-state index is 12.8. The molecular formula is C21H22N4O4S3. The van der Waals surface area contributed by atoms with Gasteiger partial charge in [-0.15, -0.1) is 10.2 Å². The third-order valence-corrected chi connectivity index (χ3v) is 7.23. The number of thiocarbonyl (C=S) groups is 1. The van der Waals surface area contributed by atoms with Crippen LogP contribution in [-0.4, -0.2) is 44.6 Å². The molecule has 1 saturated heterocycles. The van der Waals surface area contributed by atoms with E-state index < -0.39 is 0 Å². The van der Waals surface area contributed by atoms with Gasteiger partial charge < -0.3 is 14.8 Å². The van der Waals surface area contributed by atoms with Crippen LogP contribution in [0.5, 0.6) is 11.5 Å². The lowest BCUT2D eigenvalue weighted by molar-refractivity contribution is -0.122. The molecule has 2 aromatic rings. The fourth-order valence-corrected chi connectivity index (χ4v) is 5.21. The number of nitrogens with zero attached hydrogens (tertiary/aromatic N) is 3. The summed E-state index contributed by atoms with van der Waals surface area (Å²) in [5.41, 5.74) is 0.863. The highest BCUT2D eigenvalue weighted by Crippen LogP contribution is 2.36. The van der Waals surface area contributed by atoms with Crippen molar-refractivity contribution in [1.29, 1.82) is 0 Å². The van der Waals surface area contributed by atoms with E-state index in [-0.39, 0.29) is 18.6 Å². The maximum Gasteiger partial charge on any atom is 0.266 e. The molecule has 32 heavy (non-hydrogen) atoms. The Balaban J connectivity index is 1.21. The average molecular weight is 491 g/mol. The standard InChI is InChI=1S/C21H22N4O4S3/c1-2-18-23-24-20(32-18)22-17(26)6-4-3-5-9-25-19(27)16(31-21(25)30)11-13-7-8-14-15(10-13)29-12-28-14/h7-8,10-11H,2-6,9,12H2,1H3,(H,22,24,26). The van der Waals surface area contributed by atoms with Crippen LogP contribution < -0.4 is 14.8 Å². The first kappa shape index (κ1) is 22.7. The number of rotatable bonds is 9. The number of hydrogen-bond donors (Lipinski definition) is 1. The van der Waals surface area contributed by atoms with Crippen molar-refractivity contribution >= 4 is 62.7 Å². The largest absolute Gasteiger partial charge is 0.454 e. The number of unbranched alkanes of at least 4 members (excludes halogenated alkanes) is 2. The Morgan fingerprint density at radius 1 is 1.25 bits per heavy atom. The van der Waals surface area contributed by atoms with Crippen molar-refractivity contribution in [3.8, 4) is 11.5 Å². The van der Waals surface area contributed by atoms with Crippen LogP contribution >= 0.6 is 35.3 Å². The van der Waals surface area contributed by atoms with Crippen LogP contribution in [0.3, 0.4) is 0 Å². The van der Waals surface area contributed by atoms with Crippen molar-refractivity contribution in [3.63, 3.8) is 0 Å². The molecule has 2 aliphatic heterocycles. The minimum atomic E-state index is -0.0848. The summed E-state index contributed by atoms with van der Waals surface area (Å²) >= 11 is 8.10. The van der Waals surface area contributed by atoms with E-state index in [9.17, 15) is 9.59 Å². The zero-order valence-electron chi connectivity index (χ0n) is 17.5. The molecule has 1 aromatic heterocycles. The number of amides is 2. The van der Waals surface area contributed by atoms with Crippen LogP contribution in [0.1, 0.15) is 43.2 Å². The molecule has 0 radical (unpaired) electrons. The number of benzene rings is 1. The van der Waals surface area contributed by atoms with E-state index in [1.807, 2.05) is 31.2 Å². The molecule has 4 rings (SSSR count). The Hall–Kier alpha value is -2.50. The summed E-state index contributed by atoms with van der Waals surface area (Å²) in [5, 5.41) is 12.2. The van der Waals surface area contributed by atoms with Gasteiger partial charge in [0.25, 0.3) is 5.91 Å². The van der Waals surface area contributed by atoms with Gasteiger partial charge in [0.05, 0.1) is 4.91 Å². The van der Waals surface area contributed by atoms with Gasteiger partial charge >= 0.3 is 0 Å². The predicted molar refractivity (Wildman–Crippen MR) is 129 cm³/mol. The Morgan fingerprint density at radius 2 is 2.09 bits per heavy atom. The minimum Gasteiger partial charge on any atom is -0.454 e. The molecule has 0 bridgehead atoms. The Bertz CT molecular complexity index is 1070. The van der Waals surface area contributed by atoms with Gasteiger partial charge in [0.2, 0.25) is 17.8 Å². The number of carbonyl (C=O) groups is 2. The maximum absolute atomic E-state index is 12.8. The zero-order valence-corrected chi connectivity index (χ0v) is 19.9. The second-order valence-electron chi connectivity index (χ2n) is 7.16. The van der Waals surface area contributed by atoms with E-state index in [1.165, 1.54) is 23.1 Å². The molecule has 11 heteroatoms. The van der Waals surface area contributed by atoms with E-state index in [2.05, 4.69) is 15.5 Å². The molecule has 1 aromatic carbocycles. The monoisotopic (exact) mass is 490 g/mol. The second kappa shape index (κ2) is 10.4. The number of nitrogens with one attached hydrogen (secondary N) is 1. The minimum absolute atomic E-state index is 0.0685. The number of thioether (sulfide) groups is 1. The predicted octanol–water partition coefficient (Wildman–Crippen LogP) is 4.23. The quantitative estimate of drug-likeness (QED) is 0.317. The molecule has 3 heterocycles. The normalized spacial score (nSPS) is 16.3. The molecule has 2 amide bonds. The molecule has 2 aliphatic rings. The van der Waals surface area contributed by atoms with Crippen molar-refractivity contribution in [2.24, 2.45) is 0 Å². The lowest BCUT2D eigenvalue weighted by Crippen LogP contribution is -2.29. The second-order valence-corrected chi connectivity index (χ2v) is 9.90. The van der Waals surface area contributed by atoms with E-state index in [4.69, 9.17) is 21.7 Å². The number of fused-ring (bicyclic) bond motifs is 1. The first-order valence-electron chi connectivity index (χ1n) is 10.3. The van der Waals surface area contributed by atoms with E-state index in [0.29, 0.717) is 38.8 Å². The summed E-state index contributed by atoms with van der Waals surface area (Å²) in [7, 11) is 0. The third-order valence-electron chi connectivity index (χ3n) is 4.87. The van der Waals surface area contributed by atoms with Crippen LogP contribution in [-0.2, 0) is 16.0 Å².